The predicted octanol–water partition coefficient (Wildman–Crippen LogP) is 4.42. The first kappa shape index (κ1) is 21.8. The fraction of sp³-hybridized carbons (Fsp3) is 0.348. The molecule has 7 heteroatoms. The molecule has 2 aromatic carbocycles. The lowest BCUT2D eigenvalue weighted by molar-refractivity contribution is -0.131. The quantitative estimate of drug-likeness (QED) is 0.515. The molecule has 30 heavy (non-hydrogen) atoms. The minimum Gasteiger partial charge on any atom is -0.493 e. The second-order valence-electron chi connectivity index (χ2n) is 6.99. The molecule has 0 saturated heterocycles. The van der Waals surface area contributed by atoms with Gasteiger partial charge in [-0.3, -0.25) is 9.59 Å². The van der Waals surface area contributed by atoms with Crippen LogP contribution >= 0.6 is 11.3 Å². The molecular formula is C23H27N3O3S. The monoisotopic (exact) mass is 425 g/mol. The number of benzene rings is 2. The summed E-state index contributed by atoms with van der Waals surface area (Å²) in [5.74, 6) is 0.409. The number of hydrogen-bond donors (Lipinski definition) is 1. The molecule has 1 N–H and O–H groups in total. The minimum absolute atomic E-state index is 0.0331. The number of rotatable bonds is 9. The average Bonchev–Trinajstić information content (AvgIpc) is 3.20. The second-order valence-corrected chi connectivity index (χ2v) is 8.05. The molecule has 0 aliphatic heterocycles. The zero-order chi connectivity index (χ0) is 21.5. The van der Waals surface area contributed by atoms with Gasteiger partial charge in [0, 0.05) is 20.0 Å². The zero-order valence-corrected chi connectivity index (χ0v) is 18.4. The van der Waals surface area contributed by atoms with E-state index in [0.717, 1.165) is 15.2 Å². The van der Waals surface area contributed by atoms with Crippen molar-refractivity contribution in [2.45, 2.75) is 32.7 Å². The molecule has 1 atom stereocenters. The Morgan fingerprint density at radius 2 is 1.90 bits per heavy atom. The van der Waals surface area contributed by atoms with Crippen molar-refractivity contribution in [1.29, 1.82) is 0 Å². The van der Waals surface area contributed by atoms with E-state index in [0.29, 0.717) is 37.3 Å². The van der Waals surface area contributed by atoms with Gasteiger partial charge >= 0.3 is 0 Å². The lowest BCUT2D eigenvalue weighted by atomic mass is 10.2. The molecule has 0 spiro atoms. The van der Waals surface area contributed by atoms with Crippen molar-refractivity contribution in [1.82, 2.24) is 15.2 Å². The summed E-state index contributed by atoms with van der Waals surface area (Å²) in [5, 5.41) is 3.79. The Labute approximate surface area is 180 Å². The fourth-order valence-electron chi connectivity index (χ4n) is 3.10. The van der Waals surface area contributed by atoms with Gasteiger partial charge in [-0.05, 0) is 44.5 Å². The summed E-state index contributed by atoms with van der Waals surface area (Å²) in [5.41, 5.74) is 1.47. The molecule has 0 fully saturated rings. The van der Waals surface area contributed by atoms with Crippen LogP contribution in [0.5, 0.6) is 5.75 Å². The number of fused-ring (bicyclic) bond motifs is 1. The van der Waals surface area contributed by atoms with Crippen molar-refractivity contribution in [2.75, 3.05) is 20.2 Å². The van der Waals surface area contributed by atoms with E-state index in [4.69, 9.17) is 4.74 Å². The van der Waals surface area contributed by atoms with E-state index in [1.165, 1.54) is 0 Å². The molecule has 6 nitrogen and oxygen atoms in total. The first-order valence-corrected chi connectivity index (χ1v) is 10.9. The summed E-state index contributed by atoms with van der Waals surface area (Å²) >= 11 is 1.61. The Kier molecular flexibility index (Phi) is 7.41. The van der Waals surface area contributed by atoms with Gasteiger partial charge in [-0.25, -0.2) is 4.98 Å². The number of thiazole rings is 1. The highest BCUT2D eigenvalue weighted by Crippen LogP contribution is 2.29. The Morgan fingerprint density at radius 3 is 2.67 bits per heavy atom. The maximum Gasteiger partial charge on any atom is 0.255 e. The summed E-state index contributed by atoms with van der Waals surface area (Å²) < 4.78 is 6.62. The molecule has 3 aromatic rings. The van der Waals surface area contributed by atoms with Crippen molar-refractivity contribution in [2.24, 2.45) is 0 Å². The SMILES string of the molecule is CCOc1ccccc1C(=O)NCCCC(=O)N(C)[C@@H](C)c1nc2ccccc2s1. The van der Waals surface area contributed by atoms with Crippen LogP contribution in [0, 0.1) is 0 Å². The molecule has 0 aliphatic rings. The van der Waals surface area contributed by atoms with Crippen LogP contribution < -0.4 is 10.1 Å². The van der Waals surface area contributed by atoms with Crippen molar-refractivity contribution >= 4 is 33.4 Å². The van der Waals surface area contributed by atoms with E-state index in [2.05, 4.69) is 10.3 Å². The van der Waals surface area contributed by atoms with Gasteiger partial charge in [-0.1, -0.05) is 24.3 Å². The number of ether oxygens (including phenoxy) is 1. The molecule has 0 bridgehead atoms. The molecule has 158 valence electrons. The molecule has 1 aromatic heterocycles. The summed E-state index contributed by atoms with van der Waals surface area (Å²) in [6.07, 6.45) is 0.928. The van der Waals surface area contributed by atoms with Crippen LogP contribution in [0.3, 0.4) is 0 Å². The van der Waals surface area contributed by atoms with Crippen molar-refractivity contribution in [3.05, 3.63) is 59.1 Å². The predicted molar refractivity (Wildman–Crippen MR) is 120 cm³/mol. The largest absolute Gasteiger partial charge is 0.493 e. The summed E-state index contributed by atoms with van der Waals surface area (Å²) in [6.45, 7) is 4.79. The maximum atomic E-state index is 12.6. The lowest BCUT2D eigenvalue weighted by Crippen LogP contribution is -2.31. The first-order valence-electron chi connectivity index (χ1n) is 10.1. The van der Waals surface area contributed by atoms with Crippen LogP contribution in [0.2, 0.25) is 0 Å². The first-order chi connectivity index (χ1) is 14.5. The Bertz CT molecular complexity index is 985. The number of hydrogen-bond acceptors (Lipinski definition) is 5. The van der Waals surface area contributed by atoms with Gasteiger partial charge in [-0.15, -0.1) is 11.3 Å². The normalized spacial score (nSPS) is 11.8. The second kappa shape index (κ2) is 10.2. The average molecular weight is 426 g/mol. The zero-order valence-electron chi connectivity index (χ0n) is 17.6. The smallest absolute Gasteiger partial charge is 0.255 e. The third-order valence-corrected chi connectivity index (χ3v) is 6.13. The van der Waals surface area contributed by atoms with Gasteiger partial charge in [0.05, 0.1) is 28.4 Å². The number of para-hydroxylation sites is 2. The molecule has 0 saturated carbocycles. The van der Waals surface area contributed by atoms with Crippen LogP contribution in [0.4, 0.5) is 0 Å². The van der Waals surface area contributed by atoms with Gasteiger partial charge < -0.3 is 15.0 Å². The molecular weight excluding hydrogens is 398 g/mol. The molecule has 0 unspecified atom stereocenters. The summed E-state index contributed by atoms with van der Waals surface area (Å²) in [6, 6.07) is 15.0. The van der Waals surface area contributed by atoms with E-state index in [1.54, 1.807) is 41.5 Å². The topological polar surface area (TPSA) is 71.5 Å². The molecule has 2 amide bonds. The van der Waals surface area contributed by atoms with Gasteiger partial charge in [0.2, 0.25) is 5.91 Å². The fourth-order valence-corrected chi connectivity index (χ4v) is 4.16. The number of carbonyl (C=O) groups excluding carboxylic acids is 2. The number of aromatic nitrogens is 1. The highest BCUT2D eigenvalue weighted by Gasteiger charge is 2.20. The number of nitrogens with zero attached hydrogens (tertiary/aromatic N) is 2. The molecule has 1 heterocycles. The van der Waals surface area contributed by atoms with Crippen molar-refractivity contribution < 1.29 is 14.3 Å². The van der Waals surface area contributed by atoms with Crippen LogP contribution in [0.1, 0.15) is 48.1 Å². The maximum absolute atomic E-state index is 12.6. The van der Waals surface area contributed by atoms with Gasteiger partial charge in [0.25, 0.3) is 5.91 Å². The summed E-state index contributed by atoms with van der Waals surface area (Å²) in [4.78, 5) is 31.4. The Balaban J connectivity index is 1.48. The third-order valence-electron chi connectivity index (χ3n) is 4.93. The van der Waals surface area contributed by atoms with E-state index in [-0.39, 0.29) is 17.9 Å². The van der Waals surface area contributed by atoms with Crippen molar-refractivity contribution in [3.63, 3.8) is 0 Å². The molecule has 0 aliphatic carbocycles. The van der Waals surface area contributed by atoms with Crippen LogP contribution in [0.25, 0.3) is 10.2 Å². The van der Waals surface area contributed by atoms with E-state index in [9.17, 15) is 9.59 Å². The van der Waals surface area contributed by atoms with E-state index >= 15 is 0 Å². The number of carbonyl (C=O) groups is 2. The van der Waals surface area contributed by atoms with Crippen molar-refractivity contribution in [3.8, 4) is 5.75 Å². The highest BCUT2D eigenvalue weighted by atomic mass is 32.1. The molecule has 0 radical (unpaired) electrons. The number of nitrogens with one attached hydrogen (secondary N) is 1. The van der Waals surface area contributed by atoms with Gasteiger partial charge in [0.15, 0.2) is 0 Å². The number of amides is 2. The van der Waals surface area contributed by atoms with Gasteiger partial charge in [0.1, 0.15) is 10.8 Å². The third kappa shape index (κ3) is 5.16. The lowest BCUT2D eigenvalue weighted by Gasteiger charge is -2.23. The summed E-state index contributed by atoms with van der Waals surface area (Å²) in [7, 11) is 1.80. The minimum atomic E-state index is -0.192. The highest BCUT2D eigenvalue weighted by molar-refractivity contribution is 7.18. The Morgan fingerprint density at radius 1 is 1.17 bits per heavy atom. The van der Waals surface area contributed by atoms with Crippen LogP contribution in [-0.4, -0.2) is 41.9 Å². The van der Waals surface area contributed by atoms with Crippen LogP contribution in [-0.2, 0) is 4.79 Å². The van der Waals surface area contributed by atoms with E-state index < -0.39 is 0 Å². The molecule has 3 rings (SSSR count). The van der Waals surface area contributed by atoms with E-state index in [1.807, 2.05) is 44.2 Å². The Hall–Kier alpha value is -2.93. The van der Waals surface area contributed by atoms with Crippen LogP contribution in [0.15, 0.2) is 48.5 Å². The standard InChI is InChI=1S/C23H27N3O3S/c1-4-29-19-12-7-5-10-17(19)22(28)24-15-9-14-21(27)26(3)16(2)23-25-18-11-6-8-13-20(18)30-23/h5-8,10-13,16H,4,9,14-15H2,1-3H3,(H,24,28)/t16-/m0/s1. The van der Waals surface area contributed by atoms with Gasteiger partial charge in [-0.2, -0.15) is 0 Å².